The van der Waals surface area contributed by atoms with Gasteiger partial charge in [0.25, 0.3) is 0 Å². The van der Waals surface area contributed by atoms with Crippen molar-refractivity contribution in [2.45, 2.75) is 25.2 Å². The second-order valence-corrected chi connectivity index (χ2v) is 6.92. The van der Waals surface area contributed by atoms with E-state index in [1.807, 2.05) is 25.1 Å². The summed E-state index contributed by atoms with van der Waals surface area (Å²) in [6.45, 7) is 3.65. The number of carboxylic acid groups (broad SMARTS) is 1. The Morgan fingerprint density at radius 3 is 2.67 bits per heavy atom. The van der Waals surface area contributed by atoms with Crippen molar-refractivity contribution in [2.75, 3.05) is 5.75 Å². The summed E-state index contributed by atoms with van der Waals surface area (Å²) in [5.74, 6) is 2.56. The van der Waals surface area contributed by atoms with Crippen LogP contribution in [0.3, 0.4) is 0 Å². The van der Waals surface area contributed by atoms with Crippen molar-refractivity contribution in [3.63, 3.8) is 0 Å². The summed E-state index contributed by atoms with van der Waals surface area (Å²) < 4.78 is 0. The quantitative estimate of drug-likeness (QED) is 0.830. The van der Waals surface area contributed by atoms with E-state index < -0.39 is 5.97 Å². The Bertz CT molecular complexity index is 919. The van der Waals surface area contributed by atoms with Crippen LogP contribution in [0.1, 0.15) is 43.8 Å². The molecule has 0 atom stereocenters. The molecule has 1 aliphatic heterocycles. The van der Waals surface area contributed by atoms with Crippen LogP contribution in [0.25, 0.3) is 11.1 Å². The molecular weight excluding hydrogens is 320 g/mol. The molecule has 0 amide bonds. The Kier molecular flexibility index (Phi) is 4.21. The Morgan fingerprint density at radius 1 is 1.25 bits per heavy atom. The molecule has 2 aromatic carbocycles. The van der Waals surface area contributed by atoms with E-state index in [9.17, 15) is 14.7 Å². The molecule has 120 valence electrons. The zero-order valence-corrected chi connectivity index (χ0v) is 14.3. The molecule has 0 aromatic heterocycles. The molecule has 3 nitrogen and oxygen atoms in total. The van der Waals surface area contributed by atoms with Crippen molar-refractivity contribution in [2.24, 2.45) is 0 Å². The van der Waals surface area contributed by atoms with Crippen molar-refractivity contribution in [3.05, 3.63) is 52.1 Å². The molecule has 24 heavy (non-hydrogen) atoms. The molecule has 1 N–H and O–H groups in total. The molecule has 0 bridgehead atoms. The molecule has 0 unspecified atom stereocenters. The van der Waals surface area contributed by atoms with Gasteiger partial charge >= 0.3 is 5.97 Å². The topological polar surface area (TPSA) is 54.4 Å². The first-order valence-corrected chi connectivity index (χ1v) is 8.57. The van der Waals surface area contributed by atoms with Gasteiger partial charge in [0.15, 0.2) is 5.78 Å². The van der Waals surface area contributed by atoms with Crippen molar-refractivity contribution >= 4 is 23.5 Å². The molecular formula is C20H16O3S. The fraction of sp³-hybridized carbons (Fsp3) is 0.200. The first-order chi connectivity index (χ1) is 11.4. The number of terminal acetylenes is 1. The van der Waals surface area contributed by atoms with Crippen LogP contribution < -0.4 is 0 Å². The number of aromatic carboxylic acids is 1. The van der Waals surface area contributed by atoms with E-state index in [4.69, 9.17) is 6.42 Å². The first kappa shape index (κ1) is 16.4. The van der Waals surface area contributed by atoms with Crippen LogP contribution >= 0.6 is 11.8 Å². The highest BCUT2D eigenvalue weighted by Crippen LogP contribution is 2.36. The van der Waals surface area contributed by atoms with Crippen molar-refractivity contribution in [1.29, 1.82) is 0 Å². The highest BCUT2D eigenvalue weighted by atomic mass is 32.2. The number of carboxylic acids is 1. The standard InChI is InChI=1S/C20H16O3S/c1-4-13-9-15(20(22)23)11(2)12(3)19(13)14-5-6-18-16(10-14)17(21)7-8-24-18/h1,5-6,9-10H,7-8H2,2-3H3,(H,22,23). The lowest BCUT2D eigenvalue weighted by Gasteiger charge is -2.18. The summed E-state index contributed by atoms with van der Waals surface area (Å²) in [6, 6.07) is 7.32. The van der Waals surface area contributed by atoms with Crippen molar-refractivity contribution < 1.29 is 14.7 Å². The molecule has 0 radical (unpaired) electrons. The smallest absolute Gasteiger partial charge is 0.336 e. The van der Waals surface area contributed by atoms with Crippen molar-refractivity contribution in [1.82, 2.24) is 0 Å². The van der Waals surface area contributed by atoms with Gasteiger partial charge in [0.05, 0.1) is 5.56 Å². The number of hydrogen-bond acceptors (Lipinski definition) is 3. The molecule has 1 aliphatic rings. The molecule has 1 heterocycles. The maximum absolute atomic E-state index is 12.2. The number of benzene rings is 2. The Hall–Kier alpha value is -2.51. The van der Waals surface area contributed by atoms with E-state index in [1.54, 1.807) is 18.7 Å². The zero-order valence-electron chi connectivity index (χ0n) is 13.5. The van der Waals surface area contributed by atoms with E-state index >= 15 is 0 Å². The highest BCUT2D eigenvalue weighted by molar-refractivity contribution is 7.99. The summed E-state index contributed by atoms with van der Waals surface area (Å²) in [7, 11) is 0. The first-order valence-electron chi connectivity index (χ1n) is 7.58. The lowest BCUT2D eigenvalue weighted by molar-refractivity contribution is 0.0695. The average Bonchev–Trinajstić information content (AvgIpc) is 2.57. The molecule has 2 aromatic rings. The normalized spacial score (nSPS) is 13.3. The minimum absolute atomic E-state index is 0.143. The number of Topliss-reactive ketones (excluding diaryl/α,β-unsaturated/α-hetero) is 1. The molecule has 0 fully saturated rings. The van der Waals surface area contributed by atoms with Gasteiger partial charge < -0.3 is 5.11 Å². The van der Waals surface area contributed by atoms with Gasteiger partial charge in [0.2, 0.25) is 0 Å². The summed E-state index contributed by atoms with van der Waals surface area (Å²) in [5, 5.41) is 9.35. The molecule has 3 rings (SSSR count). The molecule has 0 saturated carbocycles. The van der Waals surface area contributed by atoms with E-state index in [0.717, 1.165) is 32.9 Å². The highest BCUT2D eigenvalue weighted by Gasteiger charge is 2.21. The van der Waals surface area contributed by atoms with Gasteiger partial charge in [0, 0.05) is 33.8 Å². The largest absolute Gasteiger partial charge is 0.478 e. The predicted molar refractivity (Wildman–Crippen MR) is 95.9 cm³/mol. The number of fused-ring (bicyclic) bond motifs is 1. The van der Waals surface area contributed by atoms with Crippen LogP contribution in [0.2, 0.25) is 0 Å². The number of rotatable bonds is 2. The minimum Gasteiger partial charge on any atom is -0.478 e. The lowest BCUT2D eigenvalue weighted by Crippen LogP contribution is -2.09. The fourth-order valence-electron chi connectivity index (χ4n) is 3.04. The van der Waals surface area contributed by atoms with E-state index in [0.29, 0.717) is 17.5 Å². The monoisotopic (exact) mass is 336 g/mol. The third-order valence-electron chi connectivity index (χ3n) is 4.44. The van der Waals surface area contributed by atoms with E-state index in [1.165, 1.54) is 6.07 Å². The Morgan fingerprint density at radius 2 is 2.00 bits per heavy atom. The van der Waals surface area contributed by atoms with Gasteiger partial charge in [-0.15, -0.1) is 18.2 Å². The van der Waals surface area contributed by atoms with Crippen LogP contribution in [0, 0.1) is 26.2 Å². The van der Waals surface area contributed by atoms with Gasteiger partial charge in [0.1, 0.15) is 0 Å². The molecule has 0 aliphatic carbocycles. The number of thioether (sulfide) groups is 1. The van der Waals surface area contributed by atoms with Crippen molar-refractivity contribution in [3.8, 4) is 23.5 Å². The third-order valence-corrected chi connectivity index (χ3v) is 5.52. The van der Waals surface area contributed by atoms with Crippen LogP contribution in [0.4, 0.5) is 0 Å². The van der Waals surface area contributed by atoms with Crippen LogP contribution in [-0.4, -0.2) is 22.6 Å². The van der Waals surface area contributed by atoms with Gasteiger partial charge in [-0.1, -0.05) is 12.0 Å². The van der Waals surface area contributed by atoms with E-state index in [2.05, 4.69) is 5.92 Å². The second kappa shape index (κ2) is 6.18. The van der Waals surface area contributed by atoms with Gasteiger partial charge in [-0.05, 0) is 48.7 Å². The number of hydrogen-bond donors (Lipinski definition) is 1. The van der Waals surface area contributed by atoms with Gasteiger partial charge in [-0.25, -0.2) is 4.79 Å². The van der Waals surface area contributed by atoms with Crippen LogP contribution in [-0.2, 0) is 0 Å². The number of carbonyl (C=O) groups excluding carboxylic acids is 1. The fourth-order valence-corrected chi connectivity index (χ4v) is 4.04. The maximum atomic E-state index is 12.2. The zero-order chi connectivity index (χ0) is 17.4. The number of carbonyl (C=O) groups is 2. The Balaban J connectivity index is 2.26. The third kappa shape index (κ3) is 2.61. The summed E-state index contributed by atoms with van der Waals surface area (Å²) in [4.78, 5) is 24.6. The number of ketones is 1. The average molecular weight is 336 g/mol. The summed E-state index contributed by atoms with van der Waals surface area (Å²) >= 11 is 1.68. The van der Waals surface area contributed by atoms with Gasteiger partial charge in [-0.2, -0.15) is 0 Å². The second-order valence-electron chi connectivity index (χ2n) is 5.78. The SMILES string of the molecule is C#Cc1cc(C(=O)O)c(C)c(C)c1-c1ccc2c(c1)C(=O)CCS2. The van der Waals surface area contributed by atoms with E-state index in [-0.39, 0.29) is 11.3 Å². The van der Waals surface area contributed by atoms with Gasteiger partial charge in [-0.3, -0.25) is 4.79 Å². The lowest BCUT2D eigenvalue weighted by atomic mass is 9.88. The molecule has 0 saturated heterocycles. The predicted octanol–water partition coefficient (Wildman–Crippen LogP) is 4.33. The Labute approximate surface area is 145 Å². The molecule has 4 heteroatoms. The van der Waals surface area contributed by atoms with Crippen LogP contribution in [0.5, 0.6) is 0 Å². The summed E-state index contributed by atoms with van der Waals surface area (Å²) in [6.07, 6.45) is 6.17. The maximum Gasteiger partial charge on any atom is 0.336 e. The minimum atomic E-state index is -0.990. The summed E-state index contributed by atoms with van der Waals surface area (Å²) in [5.41, 5.74) is 4.68. The molecule has 0 spiro atoms. The van der Waals surface area contributed by atoms with Crippen LogP contribution in [0.15, 0.2) is 29.2 Å².